The molecule has 0 unspecified atom stereocenters. The van der Waals surface area contributed by atoms with Crippen molar-refractivity contribution in [2.24, 2.45) is 7.05 Å². The van der Waals surface area contributed by atoms with Crippen molar-refractivity contribution < 1.29 is 14.0 Å². The van der Waals surface area contributed by atoms with Gasteiger partial charge in [-0.1, -0.05) is 36.0 Å². The summed E-state index contributed by atoms with van der Waals surface area (Å²) in [4.78, 5) is 24.4. The lowest BCUT2D eigenvalue weighted by Gasteiger charge is -2.09. The van der Waals surface area contributed by atoms with E-state index in [0.717, 1.165) is 16.8 Å². The molecule has 2 amide bonds. The van der Waals surface area contributed by atoms with Crippen LogP contribution in [0.5, 0.6) is 0 Å². The minimum absolute atomic E-state index is 0.00608. The van der Waals surface area contributed by atoms with Crippen LogP contribution in [0.1, 0.15) is 27.3 Å². The molecule has 1 heterocycles. The maximum absolute atomic E-state index is 13.7. The second kappa shape index (κ2) is 10.2. The second-order valence-electron chi connectivity index (χ2n) is 7.10. The van der Waals surface area contributed by atoms with E-state index in [9.17, 15) is 14.0 Å². The molecule has 3 rings (SSSR count). The monoisotopic (exact) mass is 441 g/mol. The number of nitrogens with one attached hydrogen (secondary N) is 2. The number of carbonyl (C=O) groups excluding carboxylic acids is 2. The number of carbonyl (C=O) groups is 2. The summed E-state index contributed by atoms with van der Waals surface area (Å²) in [6.45, 7) is 4.21. The Hall–Kier alpha value is -3.20. The van der Waals surface area contributed by atoms with Crippen LogP contribution in [0.15, 0.2) is 47.6 Å². The average Bonchev–Trinajstić information content (AvgIpc) is 3.09. The average molecular weight is 442 g/mol. The molecule has 0 aliphatic heterocycles. The van der Waals surface area contributed by atoms with E-state index in [1.54, 1.807) is 17.7 Å². The van der Waals surface area contributed by atoms with Crippen LogP contribution in [-0.4, -0.2) is 38.9 Å². The van der Waals surface area contributed by atoms with E-state index >= 15 is 0 Å². The smallest absolute Gasteiger partial charge is 0.254 e. The molecule has 0 atom stereocenters. The molecule has 2 N–H and O–H groups in total. The third kappa shape index (κ3) is 5.91. The number of amides is 2. The largest absolute Gasteiger partial charge is 0.351 e. The van der Waals surface area contributed by atoms with Gasteiger partial charge in [0.05, 0.1) is 11.3 Å². The lowest BCUT2D eigenvalue weighted by atomic mass is 10.1. The molecule has 0 aliphatic carbocycles. The molecular formula is C22H24FN5O2S. The highest BCUT2D eigenvalue weighted by Crippen LogP contribution is 2.19. The van der Waals surface area contributed by atoms with Gasteiger partial charge in [0.15, 0.2) is 5.16 Å². The minimum Gasteiger partial charge on any atom is -0.351 e. The van der Waals surface area contributed by atoms with Gasteiger partial charge in [-0.2, -0.15) is 0 Å². The molecule has 0 fully saturated rings. The Labute approximate surface area is 184 Å². The Morgan fingerprint density at radius 1 is 1.13 bits per heavy atom. The molecule has 9 heteroatoms. The molecule has 0 saturated carbocycles. The molecule has 162 valence electrons. The molecule has 1 aromatic heterocycles. The van der Waals surface area contributed by atoms with Crippen molar-refractivity contribution in [2.45, 2.75) is 25.4 Å². The number of rotatable bonds is 8. The topological polar surface area (TPSA) is 88.9 Å². The zero-order valence-corrected chi connectivity index (χ0v) is 18.4. The Bertz CT molecular complexity index is 1100. The van der Waals surface area contributed by atoms with Crippen molar-refractivity contribution in [2.75, 3.05) is 17.6 Å². The highest BCUT2D eigenvalue weighted by molar-refractivity contribution is 7.99. The van der Waals surface area contributed by atoms with Crippen LogP contribution in [0.25, 0.3) is 0 Å². The van der Waals surface area contributed by atoms with E-state index in [1.807, 2.05) is 32.0 Å². The molecule has 0 spiro atoms. The summed E-state index contributed by atoms with van der Waals surface area (Å²) in [5.41, 5.74) is 2.89. The van der Waals surface area contributed by atoms with Crippen LogP contribution in [0.2, 0.25) is 0 Å². The summed E-state index contributed by atoms with van der Waals surface area (Å²) in [7, 11) is 1.80. The zero-order chi connectivity index (χ0) is 22.4. The van der Waals surface area contributed by atoms with Crippen LogP contribution in [0.4, 0.5) is 10.1 Å². The first-order valence-corrected chi connectivity index (χ1v) is 10.7. The number of aryl methyl sites for hydroxylation is 2. The predicted molar refractivity (Wildman–Crippen MR) is 119 cm³/mol. The Morgan fingerprint density at radius 2 is 1.90 bits per heavy atom. The summed E-state index contributed by atoms with van der Waals surface area (Å²) in [5.74, 6) is -0.301. The van der Waals surface area contributed by atoms with Crippen molar-refractivity contribution in [1.29, 1.82) is 0 Å². The highest BCUT2D eigenvalue weighted by Gasteiger charge is 2.14. The first-order valence-electron chi connectivity index (χ1n) is 9.76. The first-order chi connectivity index (χ1) is 14.8. The molecule has 7 nitrogen and oxygen atoms in total. The summed E-state index contributed by atoms with van der Waals surface area (Å²) >= 11 is 1.28. The first kappa shape index (κ1) is 22.5. The third-order valence-electron chi connectivity index (χ3n) is 4.68. The number of hydrogen-bond acceptors (Lipinski definition) is 5. The summed E-state index contributed by atoms with van der Waals surface area (Å²) < 4.78 is 15.4. The summed E-state index contributed by atoms with van der Waals surface area (Å²) in [6.07, 6.45) is 0.429. The fourth-order valence-corrected chi connectivity index (χ4v) is 3.63. The lowest BCUT2D eigenvalue weighted by Crippen LogP contribution is -2.27. The van der Waals surface area contributed by atoms with Gasteiger partial charge in [-0.15, -0.1) is 10.2 Å². The standard InChI is InChI=1S/C22H24FN5O2S/c1-14-8-9-15(2)18(12-14)25-20(29)13-31-22-27-26-19(28(22)3)10-11-24-21(30)16-6-4-5-7-17(16)23/h4-9,12H,10-11,13H2,1-3H3,(H,24,30)(H,25,29). The van der Waals surface area contributed by atoms with Crippen LogP contribution in [0.3, 0.4) is 0 Å². The van der Waals surface area contributed by atoms with Gasteiger partial charge in [-0.3, -0.25) is 9.59 Å². The zero-order valence-electron chi connectivity index (χ0n) is 17.6. The molecule has 0 aliphatic rings. The number of thioether (sulfide) groups is 1. The summed E-state index contributed by atoms with van der Waals surface area (Å²) in [5, 5.41) is 14.4. The van der Waals surface area contributed by atoms with E-state index in [-0.39, 0.29) is 23.8 Å². The van der Waals surface area contributed by atoms with Crippen molar-refractivity contribution >= 4 is 29.3 Å². The molecular weight excluding hydrogens is 417 g/mol. The van der Waals surface area contributed by atoms with Crippen LogP contribution >= 0.6 is 11.8 Å². The van der Waals surface area contributed by atoms with Gasteiger partial charge < -0.3 is 15.2 Å². The van der Waals surface area contributed by atoms with Gasteiger partial charge in [-0.05, 0) is 43.2 Å². The van der Waals surface area contributed by atoms with E-state index < -0.39 is 11.7 Å². The minimum atomic E-state index is -0.559. The van der Waals surface area contributed by atoms with Gasteiger partial charge in [-0.25, -0.2) is 4.39 Å². The number of halogens is 1. The van der Waals surface area contributed by atoms with Gasteiger partial charge in [0.25, 0.3) is 5.91 Å². The van der Waals surface area contributed by atoms with Crippen molar-refractivity contribution in [3.8, 4) is 0 Å². The van der Waals surface area contributed by atoms with E-state index in [4.69, 9.17) is 0 Å². The van der Waals surface area contributed by atoms with Crippen molar-refractivity contribution in [3.63, 3.8) is 0 Å². The highest BCUT2D eigenvalue weighted by atomic mass is 32.2. The molecule has 2 aromatic carbocycles. The maximum Gasteiger partial charge on any atom is 0.254 e. The third-order valence-corrected chi connectivity index (χ3v) is 5.70. The fourth-order valence-electron chi connectivity index (χ4n) is 2.90. The van der Waals surface area contributed by atoms with Gasteiger partial charge in [0, 0.05) is 25.7 Å². The van der Waals surface area contributed by atoms with Crippen molar-refractivity contribution in [3.05, 3.63) is 70.8 Å². The van der Waals surface area contributed by atoms with E-state index in [0.29, 0.717) is 17.4 Å². The number of anilines is 1. The Kier molecular flexibility index (Phi) is 7.41. The maximum atomic E-state index is 13.7. The van der Waals surface area contributed by atoms with E-state index in [2.05, 4.69) is 20.8 Å². The predicted octanol–water partition coefficient (Wildman–Crippen LogP) is 3.27. The number of benzene rings is 2. The molecule has 0 radical (unpaired) electrons. The lowest BCUT2D eigenvalue weighted by molar-refractivity contribution is -0.113. The second-order valence-corrected chi connectivity index (χ2v) is 8.04. The molecule has 3 aromatic rings. The Balaban J connectivity index is 1.49. The number of aromatic nitrogens is 3. The van der Waals surface area contributed by atoms with Gasteiger partial charge in [0.2, 0.25) is 5.91 Å². The normalized spacial score (nSPS) is 10.7. The fraction of sp³-hybridized carbons (Fsp3) is 0.273. The number of hydrogen-bond donors (Lipinski definition) is 2. The van der Waals surface area contributed by atoms with Crippen LogP contribution in [0, 0.1) is 19.7 Å². The SMILES string of the molecule is Cc1ccc(C)c(NC(=O)CSc2nnc(CCNC(=O)c3ccccc3F)n2C)c1. The van der Waals surface area contributed by atoms with E-state index in [1.165, 1.54) is 30.0 Å². The quantitative estimate of drug-likeness (QED) is 0.524. The van der Waals surface area contributed by atoms with Gasteiger partial charge >= 0.3 is 0 Å². The van der Waals surface area contributed by atoms with Crippen LogP contribution in [-0.2, 0) is 18.3 Å². The molecule has 0 saturated heterocycles. The van der Waals surface area contributed by atoms with Crippen LogP contribution < -0.4 is 10.6 Å². The molecule has 0 bridgehead atoms. The Morgan fingerprint density at radius 3 is 2.68 bits per heavy atom. The molecule has 31 heavy (non-hydrogen) atoms. The number of nitrogens with zero attached hydrogens (tertiary/aromatic N) is 3. The van der Waals surface area contributed by atoms with Gasteiger partial charge in [0.1, 0.15) is 11.6 Å². The summed E-state index contributed by atoms with van der Waals surface area (Å²) in [6, 6.07) is 11.7. The van der Waals surface area contributed by atoms with Crippen molar-refractivity contribution in [1.82, 2.24) is 20.1 Å².